The SMILES string of the molecule is COc1c(N[C@H]2CCC[C@H]2OC)cc(C(=O)Nc2nnc(-n3nccc3C)s2)oc1=O. The molecule has 0 aromatic carbocycles. The standard InChI is InChI=1S/C19H22N6O5S/c1-10-7-8-20-25(10)19-24-23-18(31-19)22-16(26)14-9-12(15(29-3)17(27)30-14)21-11-5-4-6-13(11)28-2/h7-9,11,13,21H,4-6H2,1-3H3,(H,22,23,26)/t11-,13+/m0/s1. The Bertz CT molecular complexity index is 1140. The molecule has 0 saturated heterocycles. The van der Waals surface area contributed by atoms with Gasteiger partial charge in [-0.25, -0.2) is 9.48 Å². The molecule has 1 aliphatic rings. The van der Waals surface area contributed by atoms with E-state index < -0.39 is 11.5 Å². The third-order valence-electron chi connectivity index (χ3n) is 5.08. The van der Waals surface area contributed by atoms with Gasteiger partial charge in [0.05, 0.1) is 24.9 Å². The second-order valence-corrected chi connectivity index (χ2v) is 7.99. The number of aromatic nitrogens is 4. The van der Waals surface area contributed by atoms with Crippen LogP contribution < -0.4 is 21.0 Å². The zero-order valence-corrected chi connectivity index (χ0v) is 18.1. The molecular weight excluding hydrogens is 424 g/mol. The number of anilines is 2. The summed E-state index contributed by atoms with van der Waals surface area (Å²) in [6.45, 7) is 1.88. The van der Waals surface area contributed by atoms with E-state index in [0.29, 0.717) is 10.8 Å². The number of rotatable bonds is 7. The summed E-state index contributed by atoms with van der Waals surface area (Å²) in [6.07, 6.45) is 4.46. The van der Waals surface area contributed by atoms with Crippen molar-refractivity contribution in [1.29, 1.82) is 0 Å². The van der Waals surface area contributed by atoms with Crippen LogP contribution in [0.3, 0.4) is 0 Å². The number of nitrogens with one attached hydrogen (secondary N) is 2. The highest BCUT2D eigenvalue weighted by molar-refractivity contribution is 7.17. The monoisotopic (exact) mass is 446 g/mol. The molecule has 0 aliphatic heterocycles. The van der Waals surface area contributed by atoms with Crippen molar-refractivity contribution in [2.75, 3.05) is 24.9 Å². The van der Waals surface area contributed by atoms with E-state index in [1.54, 1.807) is 18.0 Å². The third kappa shape index (κ3) is 4.30. The highest BCUT2D eigenvalue weighted by Crippen LogP contribution is 2.29. The van der Waals surface area contributed by atoms with Crippen LogP contribution in [0.5, 0.6) is 5.75 Å². The molecule has 0 bridgehead atoms. The van der Waals surface area contributed by atoms with Gasteiger partial charge in [0.1, 0.15) is 0 Å². The van der Waals surface area contributed by atoms with Gasteiger partial charge in [0.15, 0.2) is 5.76 Å². The van der Waals surface area contributed by atoms with Gasteiger partial charge in [-0.2, -0.15) is 5.10 Å². The first-order valence-electron chi connectivity index (χ1n) is 9.67. The van der Waals surface area contributed by atoms with E-state index in [-0.39, 0.29) is 28.8 Å². The number of carbonyl (C=O) groups excluding carboxylic acids is 1. The van der Waals surface area contributed by atoms with Crippen LogP contribution in [0.15, 0.2) is 27.5 Å². The van der Waals surface area contributed by atoms with Crippen LogP contribution in [0.1, 0.15) is 35.5 Å². The number of aryl methyl sites for hydroxylation is 1. The normalized spacial score (nSPS) is 18.2. The molecular formula is C19H22N6O5S. The molecule has 4 rings (SSSR count). The van der Waals surface area contributed by atoms with Gasteiger partial charge in [0, 0.05) is 25.1 Å². The fourth-order valence-electron chi connectivity index (χ4n) is 3.55. The molecule has 1 saturated carbocycles. The Morgan fingerprint density at radius 2 is 2.16 bits per heavy atom. The van der Waals surface area contributed by atoms with E-state index >= 15 is 0 Å². The third-order valence-corrected chi connectivity index (χ3v) is 5.89. The van der Waals surface area contributed by atoms with Crippen LogP contribution in [0, 0.1) is 6.92 Å². The summed E-state index contributed by atoms with van der Waals surface area (Å²) >= 11 is 1.14. The van der Waals surface area contributed by atoms with Crippen molar-refractivity contribution < 1.29 is 18.7 Å². The smallest absolute Gasteiger partial charge is 0.381 e. The average molecular weight is 446 g/mol. The molecule has 31 heavy (non-hydrogen) atoms. The lowest BCUT2D eigenvalue weighted by Crippen LogP contribution is -2.30. The Hall–Kier alpha value is -3.25. The van der Waals surface area contributed by atoms with E-state index in [9.17, 15) is 9.59 Å². The summed E-state index contributed by atoms with van der Waals surface area (Å²) in [4.78, 5) is 25.1. The van der Waals surface area contributed by atoms with Crippen molar-refractivity contribution in [2.45, 2.75) is 38.3 Å². The Morgan fingerprint density at radius 3 is 2.87 bits per heavy atom. The summed E-state index contributed by atoms with van der Waals surface area (Å²) in [5, 5.41) is 18.8. The number of ether oxygens (including phenoxy) is 2. The van der Waals surface area contributed by atoms with E-state index in [4.69, 9.17) is 13.9 Å². The van der Waals surface area contributed by atoms with Crippen molar-refractivity contribution in [3.63, 3.8) is 0 Å². The molecule has 11 nitrogen and oxygen atoms in total. The van der Waals surface area contributed by atoms with Crippen molar-refractivity contribution in [2.24, 2.45) is 0 Å². The second kappa shape index (κ2) is 8.86. The van der Waals surface area contributed by atoms with Gasteiger partial charge < -0.3 is 19.2 Å². The summed E-state index contributed by atoms with van der Waals surface area (Å²) < 4.78 is 17.5. The van der Waals surface area contributed by atoms with Crippen LogP contribution >= 0.6 is 11.3 Å². The molecule has 0 spiro atoms. The molecule has 12 heteroatoms. The lowest BCUT2D eigenvalue weighted by molar-refractivity contribution is 0.0990. The quantitative estimate of drug-likeness (QED) is 0.560. The van der Waals surface area contributed by atoms with Crippen LogP contribution in [0.2, 0.25) is 0 Å². The van der Waals surface area contributed by atoms with Gasteiger partial charge in [-0.15, -0.1) is 10.2 Å². The van der Waals surface area contributed by atoms with Gasteiger partial charge in [0.25, 0.3) is 5.91 Å². The lowest BCUT2D eigenvalue weighted by atomic mass is 10.2. The first-order chi connectivity index (χ1) is 15.0. The number of nitrogens with zero attached hydrogens (tertiary/aromatic N) is 4. The fraction of sp³-hybridized carbons (Fsp3) is 0.421. The minimum atomic E-state index is -0.755. The van der Waals surface area contributed by atoms with Gasteiger partial charge in [-0.3, -0.25) is 10.1 Å². The number of carbonyl (C=O) groups is 1. The summed E-state index contributed by atoms with van der Waals surface area (Å²) in [5.41, 5.74) is 0.505. The number of amides is 1. The number of methoxy groups -OCH3 is 2. The molecule has 1 fully saturated rings. The molecule has 2 N–H and O–H groups in total. The molecule has 2 atom stereocenters. The van der Waals surface area contributed by atoms with E-state index in [1.807, 2.05) is 13.0 Å². The van der Waals surface area contributed by atoms with Crippen LogP contribution in [0.4, 0.5) is 10.8 Å². The van der Waals surface area contributed by atoms with Crippen LogP contribution in [0.25, 0.3) is 5.13 Å². The minimum absolute atomic E-state index is 0.000331. The van der Waals surface area contributed by atoms with Crippen molar-refractivity contribution in [1.82, 2.24) is 20.0 Å². The first kappa shape index (κ1) is 21.0. The molecule has 0 radical (unpaired) electrons. The topological polar surface area (TPSA) is 133 Å². The Morgan fingerprint density at radius 1 is 1.32 bits per heavy atom. The fourth-order valence-corrected chi connectivity index (χ4v) is 4.31. The minimum Gasteiger partial charge on any atom is -0.488 e. The zero-order chi connectivity index (χ0) is 22.0. The van der Waals surface area contributed by atoms with Gasteiger partial charge in [-0.05, 0) is 32.3 Å². The molecule has 1 amide bonds. The Labute approximate surface area is 181 Å². The first-order valence-corrected chi connectivity index (χ1v) is 10.5. The zero-order valence-electron chi connectivity index (χ0n) is 17.2. The highest BCUT2D eigenvalue weighted by atomic mass is 32.1. The number of hydrogen-bond donors (Lipinski definition) is 2. The van der Waals surface area contributed by atoms with Crippen LogP contribution in [-0.4, -0.2) is 52.3 Å². The maximum atomic E-state index is 12.7. The average Bonchev–Trinajstić information content (AvgIpc) is 3.49. The highest BCUT2D eigenvalue weighted by Gasteiger charge is 2.29. The van der Waals surface area contributed by atoms with Gasteiger partial charge in [-0.1, -0.05) is 11.3 Å². The largest absolute Gasteiger partial charge is 0.488 e. The molecule has 3 aromatic rings. The summed E-state index contributed by atoms with van der Waals surface area (Å²) in [7, 11) is 3.03. The second-order valence-electron chi connectivity index (χ2n) is 7.03. The Kier molecular flexibility index (Phi) is 6.00. The molecule has 0 unspecified atom stereocenters. The maximum absolute atomic E-state index is 12.7. The van der Waals surface area contributed by atoms with Crippen LogP contribution in [-0.2, 0) is 4.74 Å². The van der Waals surface area contributed by atoms with E-state index in [0.717, 1.165) is 36.3 Å². The lowest BCUT2D eigenvalue weighted by Gasteiger charge is -2.21. The van der Waals surface area contributed by atoms with Crippen molar-refractivity contribution in [3.8, 4) is 10.9 Å². The van der Waals surface area contributed by atoms with Crippen molar-refractivity contribution >= 4 is 28.1 Å². The maximum Gasteiger partial charge on any atom is 0.381 e. The van der Waals surface area contributed by atoms with E-state index in [1.165, 1.54) is 13.2 Å². The Balaban J connectivity index is 1.55. The molecule has 164 valence electrons. The molecule has 3 heterocycles. The molecule has 1 aliphatic carbocycles. The van der Waals surface area contributed by atoms with Gasteiger partial charge >= 0.3 is 5.63 Å². The number of hydrogen-bond acceptors (Lipinski definition) is 10. The summed E-state index contributed by atoms with van der Waals surface area (Å²) in [6, 6.07) is 3.28. The molecule has 3 aromatic heterocycles. The summed E-state index contributed by atoms with van der Waals surface area (Å²) in [5.74, 6) is -0.796. The van der Waals surface area contributed by atoms with E-state index in [2.05, 4.69) is 25.9 Å². The van der Waals surface area contributed by atoms with Gasteiger partial charge in [0.2, 0.25) is 16.0 Å². The predicted octanol–water partition coefficient (Wildman–Crippen LogP) is 2.23. The van der Waals surface area contributed by atoms with Crippen molar-refractivity contribution in [3.05, 3.63) is 40.2 Å². The predicted molar refractivity (Wildman–Crippen MR) is 113 cm³/mol.